The normalized spacial score (nSPS) is 15.7. The fraction of sp³-hybridized carbons (Fsp3) is 0.579. The molecule has 1 saturated heterocycles. The summed E-state index contributed by atoms with van der Waals surface area (Å²) in [7, 11) is 0. The number of hydrogen-bond acceptors (Lipinski definition) is 4. The van der Waals surface area contributed by atoms with Gasteiger partial charge in [0.2, 0.25) is 0 Å². The van der Waals surface area contributed by atoms with E-state index in [9.17, 15) is 19.1 Å². The number of aryl methyl sites for hydroxylation is 1. The highest BCUT2D eigenvalue weighted by Crippen LogP contribution is 2.24. The standard InChI is InChI=1S/C19H27FN2O4/c1-12-9-15(20)14(10-16(12)23)17(24)22-7-5-13(6-8-22)11-21-18(25)26-19(2,3)4/h9-10,13,23H,5-8,11H2,1-4H3,(H,21,25). The molecular formula is C19H27FN2O4. The second-order valence-electron chi connectivity index (χ2n) is 7.74. The van der Waals surface area contributed by atoms with Gasteiger partial charge in [0.25, 0.3) is 5.91 Å². The molecular weight excluding hydrogens is 339 g/mol. The van der Waals surface area contributed by atoms with Crippen LogP contribution < -0.4 is 5.32 Å². The van der Waals surface area contributed by atoms with E-state index in [4.69, 9.17) is 4.74 Å². The Morgan fingerprint density at radius 2 is 1.92 bits per heavy atom. The maximum atomic E-state index is 14.0. The van der Waals surface area contributed by atoms with Gasteiger partial charge < -0.3 is 20.1 Å². The quantitative estimate of drug-likeness (QED) is 0.861. The van der Waals surface area contributed by atoms with Crippen molar-refractivity contribution in [3.8, 4) is 5.75 Å². The number of alkyl carbamates (subject to hydrolysis) is 1. The van der Waals surface area contributed by atoms with Crippen LogP contribution in [0.15, 0.2) is 12.1 Å². The van der Waals surface area contributed by atoms with Crippen LogP contribution in [0.1, 0.15) is 49.5 Å². The van der Waals surface area contributed by atoms with Crippen LogP contribution in [0.3, 0.4) is 0 Å². The molecule has 0 radical (unpaired) electrons. The highest BCUT2D eigenvalue weighted by Gasteiger charge is 2.26. The number of amides is 2. The number of halogens is 1. The average Bonchev–Trinajstić information content (AvgIpc) is 2.54. The summed E-state index contributed by atoms with van der Waals surface area (Å²) in [6.45, 7) is 8.43. The van der Waals surface area contributed by atoms with Crippen LogP contribution >= 0.6 is 0 Å². The molecule has 1 aromatic carbocycles. The Hall–Kier alpha value is -2.31. The van der Waals surface area contributed by atoms with Gasteiger partial charge in [0.1, 0.15) is 17.2 Å². The first kappa shape index (κ1) is 20.0. The Kier molecular flexibility index (Phi) is 6.10. The fourth-order valence-electron chi connectivity index (χ4n) is 2.88. The lowest BCUT2D eigenvalue weighted by atomic mass is 9.96. The number of ether oxygens (including phenoxy) is 1. The lowest BCUT2D eigenvalue weighted by Crippen LogP contribution is -2.42. The van der Waals surface area contributed by atoms with Crippen molar-refractivity contribution in [3.63, 3.8) is 0 Å². The Bertz CT molecular complexity index is 677. The molecule has 144 valence electrons. The molecule has 0 aromatic heterocycles. The number of carbonyl (C=O) groups excluding carboxylic acids is 2. The molecule has 6 nitrogen and oxygen atoms in total. The van der Waals surface area contributed by atoms with Gasteiger partial charge in [-0.2, -0.15) is 0 Å². The highest BCUT2D eigenvalue weighted by molar-refractivity contribution is 5.95. The summed E-state index contributed by atoms with van der Waals surface area (Å²) in [5.74, 6) is -0.899. The van der Waals surface area contributed by atoms with Gasteiger partial charge in [0, 0.05) is 19.6 Å². The molecule has 26 heavy (non-hydrogen) atoms. The van der Waals surface area contributed by atoms with Gasteiger partial charge in [-0.25, -0.2) is 9.18 Å². The lowest BCUT2D eigenvalue weighted by Gasteiger charge is -2.32. The monoisotopic (exact) mass is 366 g/mol. The minimum Gasteiger partial charge on any atom is -0.508 e. The van der Waals surface area contributed by atoms with Crippen molar-refractivity contribution in [2.75, 3.05) is 19.6 Å². The minimum atomic E-state index is -0.626. The van der Waals surface area contributed by atoms with E-state index in [-0.39, 0.29) is 17.2 Å². The lowest BCUT2D eigenvalue weighted by molar-refractivity contribution is 0.0499. The Morgan fingerprint density at radius 3 is 2.50 bits per heavy atom. The van der Waals surface area contributed by atoms with E-state index < -0.39 is 23.4 Å². The SMILES string of the molecule is Cc1cc(F)c(C(=O)N2CCC(CNC(=O)OC(C)(C)C)CC2)cc1O. The average molecular weight is 366 g/mol. The van der Waals surface area contributed by atoms with Crippen molar-refractivity contribution in [2.45, 2.75) is 46.1 Å². The fourth-order valence-corrected chi connectivity index (χ4v) is 2.88. The third-order valence-electron chi connectivity index (χ3n) is 4.35. The number of nitrogens with one attached hydrogen (secondary N) is 1. The van der Waals surface area contributed by atoms with E-state index in [2.05, 4.69) is 5.32 Å². The predicted molar refractivity (Wildman–Crippen MR) is 95.7 cm³/mol. The van der Waals surface area contributed by atoms with Gasteiger partial charge in [0.15, 0.2) is 0 Å². The number of phenolic OH excluding ortho intramolecular Hbond substituents is 1. The Morgan fingerprint density at radius 1 is 1.31 bits per heavy atom. The van der Waals surface area contributed by atoms with Gasteiger partial charge in [-0.05, 0) is 64.2 Å². The van der Waals surface area contributed by atoms with Crippen molar-refractivity contribution in [1.82, 2.24) is 10.2 Å². The second kappa shape index (κ2) is 7.93. The third-order valence-corrected chi connectivity index (χ3v) is 4.35. The van der Waals surface area contributed by atoms with Crippen LogP contribution in [-0.2, 0) is 4.74 Å². The van der Waals surface area contributed by atoms with E-state index in [1.54, 1.807) is 32.6 Å². The maximum Gasteiger partial charge on any atom is 0.407 e. The van der Waals surface area contributed by atoms with Crippen molar-refractivity contribution in [1.29, 1.82) is 0 Å². The van der Waals surface area contributed by atoms with E-state index in [0.717, 1.165) is 0 Å². The molecule has 2 rings (SSSR count). The van der Waals surface area contributed by atoms with E-state index in [1.165, 1.54) is 12.1 Å². The van der Waals surface area contributed by atoms with Crippen molar-refractivity contribution < 1.29 is 23.8 Å². The summed E-state index contributed by atoms with van der Waals surface area (Å²) >= 11 is 0. The minimum absolute atomic E-state index is 0.0915. The van der Waals surface area contributed by atoms with Crippen LogP contribution in [0.2, 0.25) is 0 Å². The number of aromatic hydroxyl groups is 1. The Labute approximate surface area is 153 Å². The van der Waals surface area contributed by atoms with E-state index >= 15 is 0 Å². The van der Waals surface area contributed by atoms with Crippen molar-refractivity contribution >= 4 is 12.0 Å². The molecule has 0 unspecified atom stereocenters. The number of phenols is 1. The van der Waals surface area contributed by atoms with Crippen LogP contribution in [0, 0.1) is 18.7 Å². The van der Waals surface area contributed by atoms with Crippen LogP contribution in [0.4, 0.5) is 9.18 Å². The summed E-state index contributed by atoms with van der Waals surface area (Å²) < 4.78 is 19.2. The summed E-state index contributed by atoms with van der Waals surface area (Å²) in [5.41, 5.74) is -0.256. The molecule has 0 saturated carbocycles. The number of nitrogens with zero attached hydrogens (tertiary/aromatic N) is 1. The van der Waals surface area contributed by atoms with Gasteiger partial charge in [0.05, 0.1) is 5.56 Å². The number of piperidine rings is 1. The second-order valence-corrected chi connectivity index (χ2v) is 7.74. The summed E-state index contributed by atoms with van der Waals surface area (Å²) in [6, 6.07) is 2.35. The molecule has 2 amide bonds. The largest absolute Gasteiger partial charge is 0.508 e. The van der Waals surface area contributed by atoms with Crippen LogP contribution in [0.25, 0.3) is 0 Å². The number of likely N-dealkylation sites (tertiary alicyclic amines) is 1. The summed E-state index contributed by atoms with van der Waals surface area (Å²) in [6.07, 6.45) is 0.968. The first-order valence-corrected chi connectivity index (χ1v) is 8.82. The smallest absolute Gasteiger partial charge is 0.407 e. The van der Waals surface area contributed by atoms with Gasteiger partial charge >= 0.3 is 6.09 Å². The molecule has 0 spiro atoms. The first-order valence-electron chi connectivity index (χ1n) is 8.82. The maximum absolute atomic E-state index is 14.0. The molecule has 1 aromatic rings. The molecule has 1 aliphatic heterocycles. The molecule has 7 heteroatoms. The Balaban J connectivity index is 1.85. The van der Waals surface area contributed by atoms with Crippen molar-refractivity contribution in [3.05, 3.63) is 29.1 Å². The van der Waals surface area contributed by atoms with Gasteiger partial charge in [-0.3, -0.25) is 4.79 Å². The molecule has 0 aliphatic carbocycles. The van der Waals surface area contributed by atoms with Gasteiger partial charge in [-0.15, -0.1) is 0 Å². The zero-order valence-electron chi connectivity index (χ0n) is 15.8. The molecule has 1 fully saturated rings. The highest BCUT2D eigenvalue weighted by atomic mass is 19.1. The number of carbonyl (C=O) groups is 2. The predicted octanol–water partition coefficient (Wildman–Crippen LogP) is 3.22. The van der Waals surface area contributed by atoms with E-state index in [1.807, 2.05) is 0 Å². The number of hydrogen-bond donors (Lipinski definition) is 2. The van der Waals surface area contributed by atoms with E-state index in [0.29, 0.717) is 38.0 Å². The molecule has 0 atom stereocenters. The zero-order chi connectivity index (χ0) is 19.5. The zero-order valence-corrected chi connectivity index (χ0v) is 15.8. The first-order chi connectivity index (χ1) is 12.1. The third kappa shape index (κ3) is 5.34. The van der Waals surface area contributed by atoms with Gasteiger partial charge in [-0.1, -0.05) is 0 Å². The molecule has 1 heterocycles. The van der Waals surface area contributed by atoms with Crippen molar-refractivity contribution in [2.24, 2.45) is 5.92 Å². The molecule has 1 aliphatic rings. The van der Waals surface area contributed by atoms with Crippen LogP contribution in [0.5, 0.6) is 5.75 Å². The topological polar surface area (TPSA) is 78.9 Å². The summed E-state index contributed by atoms with van der Waals surface area (Å²) in [4.78, 5) is 25.8. The van der Waals surface area contributed by atoms with Crippen LogP contribution in [-0.4, -0.2) is 47.2 Å². The molecule has 0 bridgehead atoms. The number of benzene rings is 1. The summed E-state index contributed by atoms with van der Waals surface area (Å²) in [5, 5.41) is 12.5. The molecule has 2 N–H and O–H groups in total. The number of rotatable bonds is 3.